The number of nitrogens with one attached hydrogen (secondary N) is 1. The molecule has 0 amide bonds. The predicted molar refractivity (Wildman–Crippen MR) is 73.4 cm³/mol. The van der Waals surface area contributed by atoms with Crippen LogP contribution in [0.15, 0.2) is 6.20 Å². The highest BCUT2D eigenvalue weighted by atomic mass is 15.3. The van der Waals surface area contributed by atoms with E-state index >= 15 is 0 Å². The first-order valence-corrected chi connectivity index (χ1v) is 7.36. The van der Waals surface area contributed by atoms with Crippen LogP contribution in [0, 0.1) is 11.3 Å². The van der Waals surface area contributed by atoms with Crippen molar-refractivity contribution in [1.29, 1.82) is 0 Å². The molecule has 3 nitrogen and oxygen atoms in total. The maximum absolute atomic E-state index is 4.42. The Morgan fingerprint density at radius 2 is 2.28 bits per heavy atom. The van der Waals surface area contributed by atoms with Crippen molar-refractivity contribution < 1.29 is 0 Å². The molecule has 1 heterocycles. The smallest absolute Gasteiger partial charge is 0.0540 e. The summed E-state index contributed by atoms with van der Waals surface area (Å²) in [5.74, 6) is 0.807. The van der Waals surface area contributed by atoms with E-state index in [0.29, 0.717) is 11.5 Å². The van der Waals surface area contributed by atoms with Gasteiger partial charge in [0.2, 0.25) is 0 Å². The van der Waals surface area contributed by atoms with Gasteiger partial charge in [0, 0.05) is 30.9 Å². The summed E-state index contributed by atoms with van der Waals surface area (Å²) in [6.45, 7) is 5.92. The maximum Gasteiger partial charge on any atom is 0.0540 e. The van der Waals surface area contributed by atoms with Crippen LogP contribution in [0.3, 0.4) is 0 Å². The molecular formula is C15H25N3. The summed E-state index contributed by atoms with van der Waals surface area (Å²) in [4.78, 5) is 0. The topological polar surface area (TPSA) is 29.9 Å². The van der Waals surface area contributed by atoms with Crippen molar-refractivity contribution in [1.82, 2.24) is 15.1 Å². The molecule has 1 aromatic rings. The number of aryl methyl sites for hydroxylation is 1. The van der Waals surface area contributed by atoms with Crippen molar-refractivity contribution in [2.24, 2.45) is 18.4 Å². The van der Waals surface area contributed by atoms with Gasteiger partial charge < -0.3 is 5.32 Å². The minimum Gasteiger partial charge on any atom is -0.309 e. The molecule has 18 heavy (non-hydrogen) atoms. The van der Waals surface area contributed by atoms with Gasteiger partial charge in [-0.3, -0.25) is 4.68 Å². The van der Waals surface area contributed by atoms with Gasteiger partial charge in [-0.25, -0.2) is 0 Å². The van der Waals surface area contributed by atoms with E-state index in [4.69, 9.17) is 0 Å². The van der Waals surface area contributed by atoms with Crippen LogP contribution < -0.4 is 5.32 Å². The molecule has 1 aromatic heterocycles. The Labute approximate surface area is 110 Å². The van der Waals surface area contributed by atoms with Gasteiger partial charge in [-0.15, -0.1) is 0 Å². The summed E-state index contributed by atoms with van der Waals surface area (Å²) in [5, 5.41) is 8.24. The van der Waals surface area contributed by atoms with Crippen molar-refractivity contribution in [3.8, 4) is 0 Å². The number of rotatable bonds is 4. The monoisotopic (exact) mass is 247 g/mol. The second kappa shape index (κ2) is 4.37. The van der Waals surface area contributed by atoms with E-state index in [9.17, 15) is 0 Å². The normalized spacial score (nSPS) is 25.2. The third-order valence-electron chi connectivity index (χ3n) is 5.19. The summed E-state index contributed by atoms with van der Waals surface area (Å²) in [6.07, 6.45) is 8.64. The fourth-order valence-electron chi connectivity index (χ4n) is 3.36. The number of hydrogen-bond donors (Lipinski definition) is 1. The molecule has 1 fully saturated rings. The summed E-state index contributed by atoms with van der Waals surface area (Å²) in [7, 11) is 2.07. The molecule has 0 bridgehead atoms. The van der Waals surface area contributed by atoms with Gasteiger partial charge in [0.05, 0.1) is 6.20 Å². The molecule has 0 aromatic carbocycles. The number of hydrogen-bond acceptors (Lipinski definition) is 2. The number of nitrogens with zero attached hydrogens (tertiary/aromatic N) is 2. The molecule has 3 rings (SSSR count). The lowest BCUT2D eigenvalue weighted by Crippen LogP contribution is -2.32. The quantitative estimate of drug-likeness (QED) is 0.886. The molecule has 1 unspecified atom stereocenters. The second-order valence-corrected chi connectivity index (χ2v) is 6.51. The number of aromatic nitrogens is 2. The third kappa shape index (κ3) is 1.99. The Morgan fingerprint density at radius 3 is 2.94 bits per heavy atom. The van der Waals surface area contributed by atoms with Crippen LogP contribution in [0.4, 0.5) is 0 Å². The maximum atomic E-state index is 4.42. The molecule has 0 saturated heterocycles. The molecular weight excluding hydrogens is 222 g/mol. The molecule has 2 aliphatic rings. The fourth-order valence-corrected chi connectivity index (χ4v) is 3.36. The predicted octanol–water partition coefficient (Wildman–Crippen LogP) is 2.82. The zero-order valence-corrected chi connectivity index (χ0v) is 11.9. The minimum absolute atomic E-state index is 0.540. The first kappa shape index (κ1) is 12.2. The van der Waals surface area contributed by atoms with E-state index in [0.717, 1.165) is 5.92 Å². The molecule has 3 heteroatoms. The first-order valence-electron chi connectivity index (χ1n) is 7.36. The van der Waals surface area contributed by atoms with E-state index in [1.807, 2.05) is 0 Å². The average Bonchev–Trinajstić information content (AvgIpc) is 3.07. The van der Waals surface area contributed by atoms with Crippen LogP contribution >= 0.6 is 0 Å². The second-order valence-electron chi connectivity index (χ2n) is 6.51. The van der Waals surface area contributed by atoms with Gasteiger partial charge in [0.1, 0.15) is 0 Å². The van der Waals surface area contributed by atoms with Gasteiger partial charge in [-0.1, -0.05) is 13.8 Å². The van der Waals surface area contributed by atoms with E-state index < -0.39 is 0 Å². The molecule has 0 aliphatic heterocycles. The van der Waals surface area contributed by atoms with E-state index in [1.54, 1.807) is 0 Å². The average molecular weight is 247 g/mol. The Balaban J connectivity index is 1.68. The molecule has 1 atom stereocenters. The highest BCUT2D eigenvalue weighted by molar-refractivity contribution is 5.24. The van der Waals surface area contributed by atoms with E-state index in [1.165, 1.54) is 49.9 Å². The molecule has 100 valence electrons. The standard InChI is InChI=1S/C15H25N3/c1-11(2)15(7-8-15)10-16-13-5-4-6-14-12(13)9-17-18(14)3/h9,11,13,16H,4-8,10H2,1-3H3. The molecule has 1 N–H and O–H groups in total. The SMILES string of the molecule is CC(C)C1(CNC2CCCc3c2cnn3C)CC1. The lowest BCUT2D eigenvalue weighted by atomic mass is 9.89. The molecule has 0 radical (unpaired) electrons. The lowest BCUT2D eigenvalue weighted by Gasteiger charge is -2.28. The van der Waals surface area contributed by atoms with Crippen molar-refractivity contribution in [2.45, 2.75) is 52.0 Å². The van der Waals surface area contributed by atoms with Crippen LogP contribution in [0.1, 0.15) is 56.8 Å². The van der Waals surface area contributed by atoms with Crippen LogP contribution in [0.2, 0.25) is 0 Å². The Bertz CT molecular complexity index is 429. The van der Waals surface area contributed by atoms with Crippen molar-refractivity contribution >= 4 is 0 Å². The van der Waals surface area contributed by atoms with Crippen LogP contribution in [0.25, 0.3) is 0 Å². The zero-order chi connectivity index (χ0) is 12.8. The first-order chi connectivity index (χ1) is 8.62. The summed E-state index contributed by atoms with van der Waals surface area (Å²) < 4.78 is 2.05. The van der Waals surface area contributed by atoms with Gasteiger partial charge >= 0.3 is 0 Å². The molecule has 1 saturated carbocycles. The van der Waals surface area contributed by atoms with Gasteiger partial charge in [0.25, 0.3) is 0 Å². The molecule has 0 spiro atoms. The number of fused-ring (bicyclic) bond motifs is 1. The zero-order valence-electron chi connectivity index (χ0n) is 11.9. The largest absolute Gasteiger partial charge is 0.309 e. The summed E-state index contributed by atoms with van der Waals surface area (Å²) in [6, 6.07) is 0.540. The van der Waals surface area contributed by atoms with Crippen LogP contribution in [-0.2, 0) is 13.5 Å². The van der Waals surface area contributed by atoms with Crippen molar-refractivity contribution in [3.63, 3.8) is 0 Å². The van der Waals surface area contributed by atoms with E-state index in [2.05, 4.69) is 42.2 Å². The van der Waals surface area contributed by atoms with Gasteiger partial charge in [0.15, 0.2) is 0 Å². The molecule has 2 aliphatic carbocycles. The van der Waals surface area contributed by atoms with E-state index in [-0.39, 0.29) is 0 Å². The van der Waals surface area contributed by atoms with Crippen LogP contribution in [-0.4, -0.2) is 16.3 Å². The van der Waals surface area contributed by atoms with Gasteiger partial charge in [-0.2, -0.15) is 5.10 Å². The van der Waals surface area contributed by atoms with Gasteiger partial charge in [-0.05, 0) is 43.4 Å². The highest BCUT2D eigenvalue weighted by Gasteiger charge is 2.45. The summed E-state index contributed by atoms with van der Waals surface area (Å²) in [5.41, 5.74) is 3.48. The minimum atomic E-state index is 0.540. The fraction of sp³-hybridized carbons (Fsp3) is 0.800. The van der Waals surface area contributed by atoms with Crippen molar-refractivity contribution in [2.75, 3.05) is 6.54 Å². The Morgan fingerprint density at radius 1 is 1.50 bits per heavy atom. The highest BCUT2D eigenvalue weighted by Crippen LogP contribution is 2.51. The summed E-state index contributed by atoms with van der Waals surface area (Å²) >= 11 is 0. The lowest BCUT2D eigenvalue weighted by molar-refractivity contribution is 0.310. The third-order valence-corrected chi connectivity index (χ3v) is 5.19. The van der Waals surface area contributed by atoms with Crippen molar-refractivity contribution in [3.05, 3.63) is 17.5 Å². The van der Waals surface area contributed by atoms with Crippen LogP contribution in [0.5, 0.6) is 0 Å². The Hall–Kier alpha value is -0.830. The Kier molecular flexibility index (Phi) is 2.97.